The number of carbonyl (C=O) groups excluding carboxylic acids is 3. The topological polar surface area (TPSA) is 91.8 Å². The first-order chi connectivity index (χ1) is 18.4. The van der Waals surface area contributed by atoms with Gasteiger partial charge in [0.25, 0.3) is 11.8 Å². The number of rotatable bonds is 5. The van der Waals surface area contributed by atoms with E-state index in [0.29, 0.717) is 0 Å². The molecular formula is C28H26F2N4O4. The van der Waals surface area contributed by atoms with Crippen LogP contribution in [0.15, 0.2) is 73.1 Å². The highest BCUT2D eigenvalue weighted by Gasteiger charge is 2.54. The lowest BCUT2D eigenvalue weighted by Crippen LogP contribution is -2.59. The number of likely N-dealkylation sites (tertiary alicyclic amines) is 1. The van der Waals surface area contributed by atoms with E-state index in [4.69, 9.17) is 4.74 Å². The Hall–Kier alpha value is -4.18. The van der Waals surface area contributed by atoms with Gasteiger partial charge in [-0.25, -0.2) is 8.78 Å². The van der Waals surface area contributed by atoms with Crippen molar-refractivity contribution < 1.29 is 27.9 Å². The highest BCUT2D eigenvalue weighted by Crippen LogP contribution is 2.39. The Bertz CT molecular complexity index is 1350. The van der Waals surface area contributed by atoms with Crippen molar-refractivity contribution in [2.75, 3.05) is 19.7 Å². The molecule has 1 N–H and O–H groups in total. The van der Waals surface area contributed by atoms with Gasteiger partial charge in [-0.15, -0.1) is 0 Å². The van der Waals surface area contributed by atoms with Crippen molar-refractivity contribution in [1.29, 1.82) is 0 Å². The molecule has 2 aromatic carbocycles. The number of nitrogens with zero attached hydrogens (tertiary/aromatic N) is 3. The lowest BCUT2D eigenvalue weighted by Gasteiger charge is -2.44. The Balaban J connectivity index is 1.37. The third-order valence-corrected chi connectivity index (χ3v) is 6.98. The molecule has 38 heavy (non-hydrogen) atoms. The number of benzene rings is 2. The fraction of sp³-hybridized carbons (Fsp3) is 0.286. The maximum Gasteiger partial charge on any atom is 0.256 e. The summed E-state index contributed by atoms with van der Waals surface area (Å²) in [5.41, 5.74) is -0.329. The van der Waals surface area contributed by atoms with Gasteiger partial charge in [0.05, 0.1) is 12.2 Å². The van der Waals surface area contributed by atoms with Gasteiger partial charge in [0.2, 0.25) is 5.91 Å². The Morgan fingerprint density at radius 2 is 1.79 bits per heavy atom. The average Bonchev–Trinajstić information content (AvgIpc) is 3.30. The van der Waals surface area contributed by atoms with Gasteiger partial charge >= 0.3 is 0 Å². The Morgan fingerprint density at radius 1 is 1.00 bits per heavy atom. The molecule has 0 bridgehead atoms. The molecule has 2 saturated heterocycles. The van der Waals surface area contributed by atoms with Gasteiger partial charge in [-0.1, -0.05) is 24.3 Å². The van der Waals surface area contributed by atoms with Crippen LogP contribution in [-0.2, 0) is 16.1 Å². The SMILES string of the molecule is O=C(NCc1cccnc1)C1COC2(CCN(C(=O)c3ccccc3F)CC2)N1C(=O)c1cccc(F)c1. The summed E-state index contributed by atoms with van der Waals surface area (Å²) < 4.78 is 34.3. The zero-order chi connectivity index (χ0) is 26.7. The highest BCUT2D eigenvalue weighted by molar-refractivity contribution is 5.98. The molecule has 1 spiro atoms. The van der Waals surface area contributed by atoms with E-state index in [1.807, 2.05) is 6.07 Å². The van der Waals surface area contributed by atoms with Crippen molar-refractivity contribution in [2.24, 2.45) is 0 Å². The van der Waals surface area contributed by atoms with E-state index in [2.05, 4.69) is 10.3 Å². The van der Waals surface area contributed by atoms with E-state index in [1.165, 1.54) is 46.2 Å². The quantitative estimate of drug-likeness (QED) is 0.558. The molecule has 0 aliphatic carbocycles. The molecule has 1 aromatic heterocycles. The van der Waals surface area contributed by atoms with E-state index >= 15 is 0 Å². The van der Waals surface area contributed by atoms with Gasteiger partial charge < -0.3 is 15.0 Å². The second-order valence-electron chi connectivity index (χ2n) is 9.31. The Labute approximate surface area is 218 Å². The van der Waals surface area contributed by atoms with Crippen LogP contribution in [0.1, 0.15) is 39.1 Å². The minimum absolute atomic E-state index is 0.0314. The number of ether oxygens (including phenoxy) is 1. The minimum atomic E-state index is -1.17. The molecule has 196 valence electrons. The number of hydrogen-bond acceptors (Lipinski definition) is 5. The molecule has 1 unspecified atom stereocenters. The lowest BCUT2D eigenvalue weighted by molar-refractivity contribution is -0.128. The zero-order valence-electron chi connectivity index (χ0n) is 20.5. The van der Waals surface area contributed by atoms with Gasteiger partial charge in [0.1, 0.15) is 23.4 Å². The van der Waals surface area contributed by atoms with Crippen LogP contribution in [0, 0.1) is 11.6 Å². The number of halogens is 2. The van der Waals surface area contributed by atoms with Crippen LogP contribution >= 0.6 is 0 Å². The number of carbonyl (C=O) groups is 3. The van der Waals surface area contributed by atoms with Crippen LogP contribution in [0.25, 0.3) is 0 Å². The standard InChI is InChI=1S/C28H26F2N4O4/c29-21-7-3-6-20(15-21)26(36)34-24(25(35)32-17-19-5-4-12-31-16-19)18-38-28(34)10-13-33(14-11-28)27(37)22-8-1-2-9-23(22)30/h1-9,12,15-16,24H,10-11,13-14,17-18H2,(H,32,35). The summed E-state index contributed by atoms with van der Waals surface area (Å²) in [4.78, 5) is 46.8. The fourth-order valence-corrected chi connectivity index (χ4v) is 5.00. The summed E-state index contributed by atoms with van der Waals surface area (Å²) in [6.45, 7) is 0.526. The van der Waals surface area contributed by atoms with Crippen LogP contribution in [0.5, 0.6) is 0 Å². The maximum atomic E-state index is 14.2. The van der Waals surface area contributed by atoms with Crippen molar-refractivity contribution in [1.82, 2.24) is 20.1 Å². The van der Waals surface area contributed by atoms with E-state index in [1.54, 1.807) is 24.5 Å². The monoisotopic (exact) mass is 520 g/mol. The first-order valence-corrected chi connectivity index (χ1v) is 12.3. The van der Waals surface area contributed by atoms with Crippen molar-refractivity contribution >= 4 is 17.7 Å². The second-order valence-corrected chi connectivity index (χ2v) is 9.31. The molecule has 3 heterocycles. The highest BCUT2D eigenvalue weighted by atomic mass is 19.1. The number of nitrogens with one attached hydrogen (secondary N) is 1. The van der Waals surface area contributed by atoms with E-state index in [-0.39, 0.29) is 50.2 Å². The van der Waals surface area contributed by atoms with E-state index < -0.39 is 41.1 Å². The van der Waals surface area contributed by atoms with Crippen molar-refractivity contribution in [3.63, 3.8) is 0 Å². The van der Waals surface area contributed by atoms with Crippen molar-refractivity contribution in [3.05, 3.63) is 101 Å². The summed E-state index contributed by atoms with van der Waals surface area (Å²) in [6, 6.07) is 13.6. The molecule has 3 amide bonds. The Kier molecular flexibility index (Phi) is 7.15. The summed E-state index contributed by atoms with van der Waals surface area (Å²) in [5.74, 6) is -2.60. The van der Waals surface area contributed by atoms with Crippen LogP contribution in [0.3, 0.4) is 0 Å². The molecule has 5 rings (SSSR count). The zero-order valence-corrected chi connectivity index (χ0v) is 20.5. The van der Waals surface area contributed by atoms with Crippen LogP contribution in [0.2, 0.25) is 0 Å². The normalized spacial score (nSPS) is 18.4. The predicted octanol–water partition coefficient (Wildman–Crippen LogP) is 3.15. The molecule has 2 aliphatic heterocycles. The number of aromatic nitrogens is 1. The number of hydrogen-bond donors (Lipinski definition) is 1. The molecule has 0 radical (unpaired) electrons. The summed E-state index contributed by atoms with van der Waals surface area (Å²) in [7, 11) is 0. The van der Waals surface area contributed by atoms with Gasteiger partial charge in [0, 0.05) is 50.4 Å². The Morgan fingerprint density at radius 3 is 2.50 bits per heavy atom. The first-order valence-electron chi connectivity index (χ1n) is 12.3. The number of piperidine rings is 1. The molecule has 8 nitrogen and oxygen atoms in total. The molecule has 1 atom stereocenters. The largest absolute Gasteiger partial charge is 0.353 e. The molecule has 2 aliphatic rings. The van der Waals surface area contributed by atoms with Crippen LogP contribution < -0.4 is 5.32 Å². The third kappa shape index (κ3) is 4.99. The smallest absolute Gasteiger partial charge is 0.256 e. The molecular weight excluding hydrogens is 494 g/mol. The minimum Gasteiger partial charge on any atom is -0.353 e. The molecule has 3 aromatic rings. The maximum absolute atomic E-state index is 14.2. The number of pyridine rings is 1. The van der Waals surface area contributed by atoms with Crippen LogP contribution in [-0.4, -0.2) is 64.0 Å². The van der Waals surface area contributed by atoms with Crippen molar-refractivity contribution in [3.8, 4) is 0 Å². The van der Waals surface area contributed by atoms with Gasteiger partial charge in [-0.2, -0.15) is 0 Å². The van der Waals surface area contributed by atoms with Gasteiger partial charge in [-0.05, 0) is 42.0 Å². The molecule has 2 fully saturated rings. The van der Waals surface area contributed by atoms with Gasteiger partial charge in [0.15, 0.2) is 0 Å². The predicted molar refractivity (Wildman–Crippen MR) is 133 cm³/mol. The fourth-order valence-electron chi connectivity index (χ4n) is 5.00. The third-order valence-electron chi connectivity index (χ3n) is 6.98. The summed E-state index contributed by atoms with van der Waals surface area (Å²) >= 11 is 0. The van der Waals surface area contributed by atoms with E-state index in [0.717, 1.165) is 11.6 Å². The lowest BCUT2D eigenvalue weighted by atomic mass is 9.96. The van der Waals surface area contributed by atoms with Gasteiger partial charge in [-0.3, -0.25) is 24.3 Å². The average molecular weight is 521 g/mol. The molecule has 10 heteroatoms. The second kappa shape index (κ2) is 10.7. The summed E-state index contributed by atoms with van der Waals surface area (Å²) in [5, 5.41) is 2.83. The summed E-state index contributed by atoms with van der Waals surface area (Å²) in [6.07, 6.45) is 3.68. The number of amides is 3. The van der Waals surface area contributed by atoms with Crippen LogP contribution in [0.4, 0.5) is 8.78 Å². The van der Waals surface area contributed by atoms with Crippen molar-refractivity contribution in [2.45, 2.75) is 31.2 Å². The molecule has 0 saturated carbocycles. The first kappa shape index (κ1) is 25.5. The van der Waals surface area contributed by atoms with E-state index in [9.17, 15) is 23.2 Å².